The second-order valence-corrected chi connectivity index (χ2v) is 6.07. The lowest BCUT2D eigenvalue weighted by molar-refractivity contribution is 0.0249. The molecule has 0 bridgehead atoms. The van der Waals surface area contributed by atoms with Crippen molar-refractivity contribution in [1.82, 2.24) is 9.88 Å². The van der Waals surface area contributed by atoms with Crippen LogP contribution in [0.25, 0.3) is 0 Å². The maximum atomic E-state index is 10.7. The lowest BCUT2D eigenvalue weighted by atomic mass is 9.89. The zero-order valence-electron chi connectivity index (χ0n) is 10.9. The van der Waals surface area contributed by atoms with E-state index in [2.05, 4.69) is 32.7 Å². The zero-order chi connectivity index (χ0) is 13.0. The van der Waals surface area contributed by atoms with Gasteiger partial charge in [-0.2, -0.15) is 0 Å². The first kappa shape index (κ1) is 14.0. The van der Waals surface area contributed by atoms with Gasteiger partial charge in [0.25, 0.3) is 0 Å². The van der Waals surface area contributed by atoms with Gasteiger partial charge in [0.1, 0.15) is 0 Å². The Hall–Kier alpha value is -0.450. The van der Waals surface area contributed by atoms with Crippen molar-refractivity contribution in [2.45, 2.75) is 38.2 Å². The molecule has 1 fully saturated rings. The van der Waals surface area contributed by atoms with Gasteiger partial charge >= 0.3 is 0 Å². The van der Waals surface area contributed by atoms with Gasteiger partial charge in [0.2, 0.25) is 0 Å². The first-order valence-corrected chi connectivity index (χ1v) is 7.46. The molecule has 1 aromatic rings. The fraction of sp³-hybridized carbons (Fsp3) is 0.643. The summed E-state index contributed by atoms with van der Waals surface area (Å²) in [7, 11) is 0. The van der Waals surface area contributed by atoms with E-state index < -0.39 is 5.60 Å². The molecular formula is C14H21BrN2O. The molecule has 1 saturated heterocycles. The number of hydrogen-bond donors (Lipinski definition) is 1. The molecule has 0 radical (unpaired) electrons. The summed E-state index contributed by atoms with van der Waals surface area (Å²) in [4.78, 5) is 6.78. The Labute approximate surface area is 117 Å². The lowest BCUT2D eigenvalue weighted by Crippen LogP contribution is -2.33. The molecule has 1 N–H and O–H groups in total. The quantitative estimate of drug-likeness (QED) is 0.932. The smallest absolute Gasteiger partial charge is 0.0715 e. The molecule has 1 aromatic heterocycles. The fourth-order valence-corrected chi connectivity index (χ4v) is 2.81. The molecule has 0 aromatic carbocycles. The summed E-state index contributed by atoms with van der Waals surface area (Å²) in [6, 6.07) is 3.98. The molecule has 4 heteroatoms. The highest BCUT2D eigenvalue weighted by Crippen LogP contribution is 2.26. The number of likely N-dealkylation sites (tertiary alicyclic amines) is 1. The molecule has 1 aliphatic heterocycles. The second kappa shape index (κ2) is 6.13. The highest BCUT2D eigenvalue weighted by molar-refractivity contribution is 9.10. The molecule has 0 aliphatic carbocycles. The molecule has 1 aliphatic rings. The Morgan fingerprint density at radius 2 is 2.22 bits per heavy atom. The molecule has 18 heavy (non-hydrogen) atoms. The van der Waals surface area contributed by atoms with Crippen molar-refractivity contribution >= 4 is 15.9 Å². The third kappa shape index (κ3) is 3.77. The van der Waals surface area contributed by atoms with Crippen LogP contribution in [0.15, 0.2) is 22.8 Å². The summed E-state index contributed by atoms with van der Waals surface area (Å²) >= 11 is 3.38. The van der Waals surface area contributed by atoms with Crippen molar-refractivity contribution in [1.29, 1.82) is 0 Å². The molecule has 2 heterocycles. The Morgan fingerprint density at radius 3 is 2.89 bits per heavy atom. The normalized spacial score (nSPS) is 25.9. The zero-order valence-corrected chi connectivity index (χ0v) is 12.5. The predicted molar refractivity (Wildman–Crippen MR) is 76.6 cm³/mol. The van der Waals surface area contributed by atoms with Crippen molar-refractivity contribution < 1.29 is 5.11 Å². The first-order valence-electron chi connectivity index (χ1n) is 6.66. The SMILES string of the molecule is CCN1CCCC(O)(Cc2ccc(Br)cn2)CC1. The molecule has 3 nitrogen and oxygen atoms in total. The van der Waals surface area contributed by atoms with Gasteiger partial charge in [-0.3, -0.25) is 4.98 Å². The molecule has 1 unspecified atom stereocenters. The number of halogens is 1. The van der Waals surface area contributed by atoms with Crippen LogP contribution in [0.2, 0.25) is 0 Å². The van der Waals surface area contributed by atoms with Crippen LogP contribution in [0.4, 0.5) is 0 Å². The number of hydrogen-bond acceptors (Lipinski definition) is 3. The summed E-state index contributed by atoms with van der Waals surface area (Å²) in [6.45, 7) is 5.35. The minimum atomic E-state index is -0.579. The molecule has 2 rings (SSSR count). The van der Waals surface area contributed by atoms with Gasteiger partial charge in [-0.05, 0) is 60.4 Å². The van der Waals surface area contributed by atoms with E-state index in [0.717, 1.165) is 49.1 Å². The van der Waals surface area contributed by atoms with Gasteiger partial charge in [0, 0.05) is 29.3 Å². The van der Waals surface area contributed by atoms with Gasteiger partial charge in [0.15, 0.2) is 0 Å². The molecule has 0 amide bonds. The van der Waals surface area contributed by atoms with E-state index >= 15 is 0 Å². The first-order chi connectivity index (χ1) is 8.61. The van der Waals surface area contributed by atoms with Crippen molar-refractivity contribution in [2.24, 2.45) is 0 Å². The number of aromatic nitrogens is 1. The van der Waals surface area contributed by atoms with Gasteiger partial charge in [-0.25, -0.2) is 0 Å². The van der Waals surface area contributed by atoms with Crippen molar-refractivity contribution in [3.05, 3.63) is 28.5 Å². The summed E-state index contributed by atoms with van der Waals surface area (Å²) in [6.07, 6.45) is 5.26. The van der Waals surface area contributed by atoms with Crippen LogP contribution in [0.3, 0.4) is 0 Å². The molecule has 0 spiro atoms. The number of aliphatic hydroxyl groups is 1. The van der Waals surface area contributed by atoms with E-state index in [1.165, 1.54) is 0 Å². The minimum absolute atomic E-state index is 0.579. The standard InChI is InChI=1S/C14H21BrN2O/c1-2-17-8-3-6-14(18,7-9-17)10-13-5-4-12(15)11-16-13/h4-5,11,18H,2-3,6-10H2,1H3. The van der Waals surface area contributed by atoms with Gasteiger partial charge < -0.3 is 10.0 Å². The van der Waals surface area contributed by atoms with E-state index in [1.807, 2.05) is 12.1 Å². The minimum Gasteiger partial charge on any atom is -0.389 e. The van der Waals surface area contributed by atoms with E-state index in [4.69, 9.17) is 0 Å². The highest BCUT2D eigenvalue weighted by Gasteiger charge is 2.30. The largest absolute Gasteiger partial charge is 0.389 e. The molecule has 1 atom stereocenters. The Bertz CT molecular complexity index is 382. The third-order valence-electron chi connectivity index (χ3n) is 3.76. The Kier molecular flexibility index (Phi) is 4.76. The summed E-state index contributed by atoms with van der Waals surface area (Å²) in [5.41, 5.74) is 0.399. The number of nitrogens with zero attached hydrogens (tertiary/aromatic N) is 2. The third-order valence-corrected chi connectivity index (χ3v) is 4.22. The van der Waals surface area contributed by atoms with Crippen LogP contribution in [0, 0.1) is 0 Å². The van der Waals surface area contributed by atoms with Gasteiger partial charge in [-0.1, -0.05) is 6.92 Å². The number of pyridine rings is 1. The van der Waals surface area contributed by atoms with Gasteiger partial charge in [-0.15, -0.1) is 0 Å². The average Bonchev–Trinajstić information content (AvgIpc) is 2.54. The van der Waals surface area contributed by atoms with Crippen LogP contribution in [-0.4, -0.2) is 40.2 Å². The summed E-state index contributed by atoms with van der Waals surface area (Å²) in [5, 5.41) is 10.7. The molecule has 0 saturated carbocycles. The van der Waals surface area contributed by atoms with Crippen LogP contribution in [0.1, 0.15) is 31.9 Å². The number of rotatable bonds is 3. The van der Waals surface area contributed by atoms with E-state index in [-0.39, 0.29) is 0 Å². The monoisotopic (exact) mass is 312 g/mol. The van der Waals surface area contributed by atoms with Crippen molar-refractivity contribution in [3.8, 4) is 0 Å². The Morgan fingerprint density at radius 1 is 1.39 bits per heavy atom. The Balaban J connectivity index is 2.00. The van der Waals surface area contributed by atoms with Crippen LogP contribution >= 0.6 is 15.9 Å². The van der Waals surface area contributed by atoms with Crippen LogP contribution in [0.5, 0.6) is 0 Å². The topological polar surface area (TPSA) is 36.4 Å². The maximum Gasteiger partial charge on any atom is 0.0715 e. The van der Waals surface area contributed by atoms with Crippen molar-refractivity contribution in [3.63, 3.8) is 0 Å². The van der Waals surface area contributed by atoms with Gasteiger partial charge in [0.05, 0.1) is 5.60 Å². The van der Waals surface area contributed by atoms with E-state index in [9.17, 15) is 5.11 Å². The summed E-state index contributed by atoms with van der Waals surface area (Å²) < 4.78 is 0.983. The molecule has 100 valence electrons. The van der Waals surface area contributed by atoms with Crippen LogP contribution in [-0.2, 0) is 6.42 Å². The predicted octanol–water partition coefficient (Wildman–Crippen LogP) is 2.62. The summed E-state index contributed by atoms with van der Waals surface area (Å²) in [5.74, 6) is 0. The van der Waals surface area contributed by atoms with Crippen molar-refractivity contribution in [2.75, 3.05) is 19.6 Å². The highest BCUT2D eigenvalue weighted by atomic mass is 79.9. The van der Waals surface area contributed by atoms with E-state index in [0.29, 0.717) is 6.42 Å². The average molecular weight is 313 g/mol. The second-order valence-electron chi connectivity index (χ2n) is 5.16. The lowest BCUT2D eigenvalue weighted by Gasteiger charge is -2.26. The fourth-order valence-electron chi connectivity index (χ4n) is 2.58. The maximum absolute atomic E-state index is 10.7. The van der Waals surface area contributed by atoms with Crippen LogP contribution < -0.4 is 0 Å². The van der Waals surface area contributed by atoms with E-state index in [1.54, 1.807) is 6.20 Å². The molecular weight excluding hydrogens is 292 g/mol.